The molecule has 1 heterocycles. The fourth-order valence-electron chi connectivity index (χ4n) is 2.58. The summed E-state index contributed by atoms with van der Waals surface area (Å²) in [5, 5.41) is 0. The molecule has 1 aliphatic heterocycles. The molecule has 1 aliphatic carbocycles. The normalized spacial score (nSPS) is 30.2. The number of rotatable bonds is 3. The maximum absolute atomic E-state index is 11.3. The van der Waals surface area contributed by atoms with Crippen LogP contribution in [0, 0.1) is 11.8 Å². The highest BCUT2D eigenvalue weighted by Gasteiger charge is 2.25. The first-order valence-electron chi connectivity index (χ1n) is 6.20. The molecule has 0 spiro atoms. The van der Waals surface area contributed by atoms with Crippen LogP contribution in [0.15, 0.2) is 12.2 Å². The van der Waals surface area contributed by atoms with Gasteiger partial charge in [0.05, 0.1) is 0 Å². The van der Waals surface area contributed by atoms with Crippen molar-refractivity contribution in [3.63, 3.8) is 0 Å². The molecular weight excluding hydrogens is 202 g/mol. The van der Waals surface area contributed by atoms with E-state index in [0.29, 0.717) is 12.5 Å². The molecule has 0 radical (unpaired) electrons. The summed E-state index contributed by atoms with van der Waals surface area (Å²) in [6.07, 6.45) is 8.81. The highest BCUT2D eigenvalue weighted by Crippen LogP contribution is 2.30. The molecule has 3 nitrogen and oxygen atoms in total. The Morgan fingerprint density at radius 1 is 1.12 bits per heavy atom. The first-order valence-corrected chi connectivity index (χ1v) is 6.20. The van der Waals surface area contributed by atoms with Crippen molar-refractivity contribution in [3.8, 4) is 0 Å². The van der Waals surface area contributed by atoms with Crippen molar-refractivity contribution in [1.82, 2.24) is 4.90 Å². The largest absolute Gasteiger partial charge is 0.275 e. The van der Waals surface area contributed by atoms with Crippen molar-refractivity contribution >= 4 is 11.8 Å². The van der Waals surface area contributed by atoms with Gasteiger partial charge in [0.1, 0.15) is 0 Å². The summed E-state index contributed by atoms with van der Waals surface area (Å²) in [5.41, 5.74) is 0. The quantitative estimate of drug-likeness (QED) is 0.685. The molecule has 1 fully saturated rings. The number of hydrogen-bond donors (Lipinski definition) is 0. The van der Waals surface area contributed by atoms with E-state index in [-0.39, 0.29) is 11.8 Å². The number of nitrogens with zero attached hydrogens (tertiary/aromatic N) is 1. The zero-order valence-corrected chi connectivity index (χ0v) is 9.82. The maximum Gasteiger partial charge on any atom is 0.253 e. The number of carbonyl (C=O) groups excluding carboxylic acids is 2. The summed E-state index contributed by atoms with van der Waals surface area (Å²) < 4.78 is 0. The van der Waals surface area contributed by atoms with Crippen LogP contribution in [0.25, 0.3) is 0 Å². The fraction of sp³-hybridized carbons (Fsp3) is 0.692. The van der Waals surface area contributed by atoms with E-state index in [1.165, 1.54) is 42.7 Å². The van der Waals surface area contributed by atoms with E-state index in [9.17, 15) is 9.59 Å². The van der Waals surface area contributed by atoms with Crippen LogP contribution in [0.1, 0.15) is 39.0 Å². The summed E-state index contributed by atoms with van der Waals surface area (Å²) in [6, 6.07) is 0. The van der Waals surface area contributed by atoms with E-state index in [0.717, 1.165) is 12.3 Å². The van der Waals surface area contributed by atoms with E-state index in [1.807, 2.05) is 0 Å². The smallest absolute Gasteiger partial charge is 0.253 e. The predicted octanol–water partition coefficient (Wildman–Crippen LogP) is 2.13. The zero-order chi connectivity index (χ0) is 11.5. The third-order valence-electron chi connectivity index (χ3n) is 3.80. The Balaban J connectivity index is 1.75. The first-order chi connectivity index (χ1) is 7.66. The van der Waals surface area contributed by atoms with Gasteiger partial charge in [-0.2, -0.15) is 0 Å². The van der Waals surface area contributed by atoms with Gasteiger partial charge in [0.15, 0.2) is 0 Å². The lowest BCUT2D eigenvalue weighted by Gasteiger charge is -2.27. The van der Waals surface area contributed by atoms with Crippen molar-refractivity contribution in [2.45, 2.75) is 39.0 Å². The van der Waals surface area contributed by atoms with Crippen molar-refractivity contribution in [2.75, 3.05) is 6.54 Å². The van der Waals surface area contributed by atoms with E-state index in [4.69, 9.17) is 0 Å². The molecule has 0 atom stereocenters. The van der Waals surface area contributed by atoms with Crippen LogP contribution < -0.4 is 0 Å². The maximum atomic E-state index is 11.3. The molecule has 0 aromatic carbocycles. The van der Waals surface area contributed by atoms with E-state index in [1.54, 1.807) is 0 Å². The predicted molar refractivity (Wildman–Crippen MR) is 61.6 cm³/mol. The highest BCUT2D eigenvalue weighted by atomic mass is 16.2. The molecule has 0 unspecified atom stereocenters. The minimum absolute atomic E-state index is 0.144. The van der Waals surface area contributed by atoms with Crippen molar-refractivity contribution in [1.29, 1.82) is 0 Å². The molecule has 0 aromatic heterocycles. The number of imide groups is 1. The van der Waals surface area contributed by atoms with Gasteiger partial charge < -0.3 is 0 Å². The first kappa shape index (κ1) is 11.4. The van der Waals surface area contributed by atoms with Crippen LogP contribution in [0.4, 0.5) is 0 Å². The molecule has 2 rings (SSSR count). The number of amides is 2. The Bertz CT molecular complexity index is 296. The molecule has 16 heavy (non-hydrogen) atoms. The molecule has 3 heteroatoms. The molecule has 0 bridgehead atoms. The van der Waals surface area contributed by atoms with Crippen molar-refractivity contribution < 1.29 is 9.59 Å². The van der Waals surface area contributed by atoms with Crippen LogP contribution in [-0.2, 0) is 9.59 Å². The van der Waals surface area contributed by atoms with Gasteiger partial charge in [-0.25, -0.2) is 0 Å². The van der Waals surface area contributed by atoms with Crippen LogP contribution in [0.3, 0.4) is 0 Å². The topological polar surface area (TPSA) is 37.4 Å². The van der Waals surface area contributed by atoms with E-state index in [2.05, 4.69) is 6.92 Å². The fourth-order valence-corrected chi connectivity index (χ4v) is 2.58. The molecule has 0 N–H and O–H groups in total. The monoisotopic (exact) mass is 221 g/mol. The van der Waals surface area contributed by atoms with Gasteiger partial charge in [-0.3, -0.25) is 14.5 Å². The van der Waals surface area contributed by atoms with Crippen molar-refractivity contribution in [3.05, 3.63) is 12.2 Å². The Morgan fingerprint density at radius 2 is 1.69 bits per heavy atom. The van der Waals surface area contributed by atoms with Gasteiger partial charge in [-0.1, -0.05) is 32.6 Å². The van der Waals surface area contributed by atoms with Gasteiger partial charge in [0.25, 0.3) is 11.8 Å². The van der Waals surface area contributed by atoms with Gasteiger partial charge >= 0.3 is 0 Å². The Labute approximate surface area is 96.5 Å². The lowest BCUT2D eigenvalue weighted by atomic mass is 9.81. The molecular formula is C13H19NO2. The van der Waals surface area contributed by atoms with Gasteiger partial charge in [0, 0.05) is 18.7 Å². The summed E-state index contributed by atoms with van der Waals surface area (Å²) in [6.45, 7) is 2.90. The van der Waals surface area contributed by atoms with Gasteiger partial charge in [-0.15, -0.1) is 0 Å². The zero-order valence-electron chi connectivity index (χ0n) is 9.82. The molecule has 2 aliphatic rings. The summed E-state index contributed by atoms with van der Waals surface area (Å²) >= 11 is 0. The minimum atomic E-state index is -0.144. The van der Waals surface area contributed by atoms with Crippen LogP contribution in [-0.4, -0.2) is 23.3 Å². The number of hydrogen-bond acceptors (Lipinski definition) is 2. The van der Waals surface area contributed by atoms with Crippen LogP contribution >= 0.6 is 0 Å². The Hall–Kier alpha value is -1.12. The Morgan fingerprint density at radius 3 is 2.25 bits per heavy atom. The van der Waals surface area contributed by atoms with E-state index < -0.39 is 0 Å². The molecule has 1 saturated carbocycles. The third kappa shape index (κ3) is 2.52. The third-order valence-corrected chi connectivity index (χ3v) is 3.80. The standard InChI is InChI=1S/C13H19NO2/c1-10-2-4-11(5-3-10)8-9-14-12(15)6-7-13(14)16/h6-7,10-11H,2-5,8-9H2,1H3. The average molecular weight is 221 g/mol. The van der Waals surface area contributed by atoms with Crippen molar-refractivity contribution in [2.24, 2.45) is 11.8 Å². The summed E-state index contributed by atoms with van der Waals surface area (Å²) in [5.74, 6) is 1.27. The average Bonchev–Trinajstić information content (AvgIpc) is 2.59. The molecule has 88 valence electrons. The van der Waals surface area contributed by atoms with E-state index >= 15 is 0 Å². The highest BCUT2D eigenvalue weighted by molar-refractivity contribution is 6.12. The van der Waals surface area contributed by atoms with Crippen LogP contribution in [0.2, 0.25) is 0 Å². The van der Waals surface area contributed by atoms with Gasteiger partial charge in [-0.05, 0) is 18.3 Å². The second kappa shape index (κ2) is 4.81. The Kier molecular flexibility index (Phi) is 3.42. The molecule has 2 amide bonds. The molecule has 0 aromatic rings. The SMILES string of the molecule is CC1CCC(CCN2C(=O)C=CC2=O)CC1. The number of carbonyl (C=O) groups is 2. The van der Waals surface area contributed by atoms with Gasteiger partial charge in [0.2, 0.25) is 0 Å². The summed E-state index contributed by atoms with van der Waals surface area (Å²) in [7, 11) is 0. The minimum Gasteiger partial charge on any atom is -0.275 e. The summed E-state index contributed by atoms with van der Waals surface area (Å²) in [4.78, 5) is 24.0. The van der Waals surface area contributed by atoms with Crippen LogP contribution in [0.5, 0.6) is 0 Å². The second-order valence-electron chi connectivity index (χ2n) is 5.08. The lowest BCUT2D eigenvalue weighted by Crippen LogP contribution is -2.32. The lowest BCUT2D eigenvalue weighted by molar-refractivity contribution is -0.137. The molecule has 0 saturated heterocycles. The second-order valence-corrected chi connectivity index (χ2v) is 5.08.